The molecule has 5 nitrogen and oxygen atoms in total. The maximum absolute atomic E-state index is 11.9. The second-order valence-corrected chi connectivity index (χ2v) is 5.80. The van der Waals surface area contributed by atoms with Gasteiger partial charge in [0, 0.05) is 25.6 Å². The van der Waals surface area contributed by atoms with E-state index in [1.807, 2.05) is 20.8 Å². The molecule has 1 fully saturated rings. The average Bonchev–Trinajstić information content (AvgIpc) is 2.24. The zero-order valence-corrected chi connectivity index (χ0v) is 11.6. The second kappa shape index (κ2) is 6.18. The van der Waals surface area contributed by atoms with Crippen LogP contribution in [-0.4, -0.2) is 41.5 Å². The highest BCUT2D eigenvalue weighted by Gasteiger charge is 2.22. The molecule has 2 N–H and O–H groups in total. The van der Waals surface area contributed by atoms with Crippen molar-refractivity contribution >= 4 is 11.9 Å². The molecule has 5 heteroatoms. The minimum atomic E-state index is -0.488. The SMILES string of the molecule is CC(C)(C)OC(=O)CCC(=O)N1CCC(N)CC1. The van der Waals surface area contributed by atoms with Gasteiger partial charge < -0.3 is 15.4 Å². The molecule has 0 unspecified atom stereocenters. The van der Waals surface area contributed by atoms with E-state index in [9.17, 15) is 9.59 Å². The fraction of sp³-hybridized carbons (Fsp3) is 0.846. The van der Waals surface area contributed by atoms with Crippen LogP contribution < -0.4 is 5.73 Å². The molecule has 1 aliphatic rings. The highest BCUT2D eigenvalue weighted by molar-refractivity contribution is 5.81. The van der Waals surface area contributed by atoms with Crippen molar-refractivity contribution in [1.29, 1.82) is 0 Å². The molecule has 0 spiro atoms. The van der Waals surface area contributed by atoms with Crippen LogP contribution in [0.5, 0.6) is 0 Å². The van der Waals surface area contributed by atoms with Crippen molar-refractivity contribution in [3.63, 3.8) is 0 Å². The van der Waals surface area contributed by atoms with Crippen LogP contribution in [0.1, 0.15) is 46.5 Å². The number of amides is 1. The lowest BCUT2D eigenvalue weighted by molar-refractivity contribution is -0.156. The Balaban J connectivity index is 2.27. The van der Waals surface area contributed by atoms with Gasteiger partial charge in [-0.05, 0) is 33.6 Å². The normalized spacial score (nSPS) is 17.7. The first-order valence-corrected chi connectivity index (χ1v) is 6.53. The minimum Gasteiger partial charge on any atom is -0.460 e. The zero-order valence-electron chi connectivity index (χ0n) is 11.6. The van der Waals surface area contributed by atoms with Gasteiger partial charge in [0.2, 0.25) is 5.91 Å². The van der Waals surface area contributed by atoms with Gasteiger partial charge in [-0.3, -0.25) is 9.59 Å². The predicted molar refractivity (Wildman–Crippen MR) is 68.9 cm³/mol. The Morgan fingerprint density at radius 2 is 1.78 bits per heavy atom. The van der Waals surface area contributed by atoms with Gasteiger partial charge in [-0.1, -0.05) is 0 Å². The zero-order chi connectivity index (χ0) is 13.8. The van der Waals surface area contributed by atoms with Gasteiger partial charge in [0.25, 0.3) is 0 Å². The molecule has 0 aliphatic carbocycles. The molecule has 1 saturated heterocycles. The fourth-order valence-electron chi connectivity index (χ4n) is 1.91. The Kier molecular flexibility index (Phi) is 5.14. The number of ether oxygens (including phenoxy) is 1. The molecule has 0 radical (unpaired) electrons. The number of hydrogen-bond acceptors (Lipinski definition) is 4. The molecular formula is C13H24N2O3. The maximum Gasteiger partial charge on any atom is 0.306 e. The maximum atomic E-state index is 11.9. The van der Waals surface area contributed by atoms with Crippen LogP contribution in [0.2, 0.25) is 0 Å². The lowest BCUT2D eigenvalue weighted by atomic mass is 10.1. The number of nitrogens with zero attached hydrogens (tertiary/aromatic N) is 1. The average molecular weight is 256 g/mol. The first kappa shape index (κ1) is 15.0. The number of likely N-dealkylation sites (tertiary alicyclic amines) is 1. The van der Waals surface area contributed by atoms with Gasteiger partial charge in [0.15, 0.2) is 0 Å². The van der Waals surface area contributed by atoms with Crippen molar-refractivity contribution in [2.75, 3.05) is 13.1 Å². The van der Waals surface area contributed by atoms with Crippen LogP contribution in [0, 0.1) is 0 Å². The number of hydrogen-bond donors (Lipinski definition) is 1. The third kappa shape index (κ3) is 5.49. The van der Waals surface area contributed by atoms with E-state index in [0.29, 0.717) is 13.1 Å². The van der Waals surface area contributed by atoms with Gasteiger partial charge >= 0.3 is 5.97 Å². The topological polar surface area (TPSA) is 72.6 Å². The van der Waals surface area contributed by atoms with Gasteiger partial charge in [0.05, 0.1) is 6.42 Å². The third-order valence-electron chi connectivity index (χ3n) is 2.86. The van der Waals surface area contributed by atoms with E-state index in [4.69, 9.17) is 10.5 Å². The summed E-state index contributed by atoms with van der Waals surface area (Å²) < 4.78 is 5.16. The van der Waals surface area contributed by atoms with Crippen LogP contribution in [0.4, 0.5) is 0 Å². The van der Waals surface area contributed by atoms with E-state index in [1.54, 1.807) is 4.90 Å². The summed E-state index contributed by atoms with van der Waals surface area (Å²) in [6, 6.07) is 0.208. The monoisotopic (exact) mass is 256 g/mol. The second-order valence-electron chi connectivity index (χ2n) is 5.80. The van der Waals surface area contributed by atoms with Gasteiger partial charge in [-0.15, -0.1) is 0 Å². The minimum absolute atomic E-state index is 0.0211. The summed E-state index contributed by atoms with van der Waals surface area (Å²) in [7, 11) is 0. The first-order valence-electron chi connectivity index (χ1n) is 6.53. The van der Waals surface area contributed by atoms with Crippen molar-refractivity contribution in [3.8, 4) is 0 Å². The fourth-order valence-corrected chi connectivity index (χ4v) is 1.91. The van der Waals surface area contributed by atoms with Crippen molar-refractivity contribution in [3.05, 3.63) is 0 Å². The lowest BCUT2D eigenvalue weighted by Gasteiger charge is -2.30. The molecule has 1 aliphatic heterocycles. The molecule has 104 valence electrons. The van der Waals surface area contributed by atoms with Crippen molar-refractivity contribution < 1.29 is 14.3 Å². The van der Waals surface area contributed by atoms with Gasteiger partial charge in [0.1, 0.15) is 5.60 Å². The molecule has 0 atom stereocenters. The van der Waals surface area contributed by atoms with E-state index in [-0.39, 0.29) is 30.8 Å². The van der Waals surface area contributed by atoms with E-state index in [2.05, 4.69) is 0 Å². The van der Waals surface area contributed by atoms with Gasteiger partial charge in [-0.25, -0.2) is 0 Å². The van der Waals surface area contributed by atoms with Crippen molar-refractivity contribution in [2.45, 2.75) is 58.1 Å². The summed E-state index contributed by atoms with van der Waals surface area (Å²) in [5.74, 6) is -0.294. The van der Waals surface area contributed by atoms with Crippen LogP contribution in [-0.2, 0) is 14.3 Å². The Morgan fingerprint density at radius 1 is 1.22 bits per heavy atom. The van der Waals surface area contributed by atoms with Crippen molar-refractivity contribution in [2.24, 2.45) is 5.73 Å². The highest BCUT2D eigenvalue weighted by Crippen LogP contribution is 2.12. The van der Waals surface area contributed by atoms with Crippen molar-refractivity contribution in [1.82, 2.24) is 4.90 Å². The van der Waals surface area contributed by atoms with Crippen LogP contribution in [0.3, 0.4) is 0 Å². The molecule has 18 heavy (non-hydrogen) atoms. The van der Waals surface area contributed by atoms with E-state index < -0.39 is 5.60 Å². The number of nitrogens with two attached hydrogens (primary N) is 1. The predicted octanol–water partition coefficient (Wildman–Crippen LogP) is 1.06. The number of carbonyl (C=O) groups excluding carboxylic acids is 2. The molecule has 0 aromatic carbocycles. The summed E-state index contributed by atoms with van der Waals surface area (Å²) in [5, 5.41) is 0. The quantitative estimate of drug-likeness (QED) is 0.766. The van der Waals surface area contributed by atoms with Crippen LogP contribution >= 0.6 is 0 Å². The molecule has 0 bridgehead atoms. The van der Waals surface area contributed by atoms with E-state index in [0.717, 1.165) is 12.8 Å². The number of esters is 1. The largest absolute Gasteiger partial charge is 0.460 e. The summed E-state index contributed by atoms with van der Waals surface area (Å²) in [6.45, 7) is 6.86. The van der Waals surface area contributed by atoms with E-state index in [1.165, 1.54) is 0 Å². The van der Waals surface area contributed by atoms with Gasteiger partial charge in [-0.2, -0.15) is 0 Å². The van der Waals surface area contributed by atoms with E-state index >= 15 is 0 Å². The number of piperidine rings is 1. The summed E-state index contributed by atoms with van der Waals surface area (Å²) in [5.41, 5.74) is 5.29. The molecule has 1 heterocycles. The molecule has 1 rings (SSSR count). The summed E-state index contributed by atoms with van der Waals surface area (Å²) >= 11 is 0. The molecule has 1 amide bonds. The Labute approximate surface area is 109 Å². The molecule has 0 saturated carbocycles. The Bertz CT molecular complexity index is 302. The first-order chi connectivity index (χ1) is 8.28. The van der Waals surface area contributed by atoms with Crippen LogP contribution in [0.25, 0.3) is 0 Å². The number of rotatable bonds is 3. The summed E-state index contributed by atoms with van der Waals surface area (Å²) in [6.07, 6.45) is 2.07. The Morgan fingerprint density at radius 3 is 2.28 bits per heavy atom. The number of carbonyl (C=O) groups is 2. The molecule has 0 aromatic rings. The lowest BCUT2D eigenvalue weighted by Crippen LogP contribution is -2.43. The molecule has 0 aromatic heterocycles. The molecular weight excluding hydrogens is 232 g/mol. The third-order valence-corrected chi connectivity index (χ3v) is 2.86. The Hall–Kier alpha value is -1.10. The smallest absolute Gasteiger partial charge is 0.306 e. The van der Waals surface area contributed by atoms with Crippen LogP contribution in [0.15, 0.2) is 0 Å². The standard InChI is InChI=1S/C13H24N2O3/c1-13(2,3)18-12(17)5-4-11(16)15-8-6-10(14)7-9-15/h10H,4-9,14H2,1-3H3. The highest BCUT2D eigenvalue weighted by atomic mass is 16.6. The summed E-state index contributed by atoms with van der Waals surface area (Å²) in [4.78, 5) is 25.1.